The lowest BCUT2D eigenvalue weighted by atomic mass is 10.1. The molecule has 0 fully saturated rings. The van der Waals surface area contributed by atoms with Crippen LogP contribution in [-0.2, 0) is 14.3 Å². The number of allylic oxidation sites excluding steroid dienone is 1. The Morgan fingerprint density at radius 2 is 2.27 bits per heavy atom. The number of carbonyl (C=O) groups excluding carboxylic acids is 2. The topological polar surface area (TPSA) is 55.8 Å². The van der Waals surface area contributed by atoms with Gasteiger partial charge in [0.2, 0.25) is 0 Å². The van der Waals surface area contributed by atoms with E-state index in [0.717, 1.165) is 6.42 Å². The summed E-state index contributed by atoms with van der Waals surface area (Å²) in [5, 5.41) is 0. The van der Waals surface area contributed by atoms with Gasteiger partial charge in [-0.15, -0.1) is 0 Å². The number of amides is 1. The van der Waals surface area contributed by atoms with Crippen molar-refractivity contribution >= 4 is 12.1 Å². The molecule has 0 aromatic rings. The van der Waals surface area contributed by atoms with Crippen LogP contribution >= 0.6 is 0 Å². The van der Waals surface area contributed by atoms with Crippen LogP contribution in [0, 0.1) is 0 Å². The molecular formula is C10H15NO4. The van der Waals surface area contributed by atoms with E-state index in [4.69, 9.17) is 4.74 Å². The smallest absolute Gasteiger partial charge is 0.414 e. The van der Waals surface area contributed by atoms with Gasteiger partial charge in [-0.1, -0.05) is 6.08 Å². The van der Waals surface area contributed by atoms with Crippen LogP contribution in [0.4, 0.5) is 4.79 Å². The number of carbonyl (C=O) groups is 2. The van der Waals surface area contributed by atoms with E-state index < -0.39 is 18.1 Å². The van der Waals surface area contributed by atoms with E-state index in [1.807, 2.05) is 6.08 Å². The van der Waals surface area contributed by atoms with Crippen molar-refractivity contribution in [3.8, 4) is 0 Å². The molecule has 0 saturated heterocycles. The highest BCUT2D eigenvalue weighted by Crippen LogP contribution is 2.17. The summed E-state index contributed by atoms with van der Waals surface area (Å²) in [6, 6.07) is -0.556. The molecule has 5 heteroatoms. The van der Waals surface area contributed by atoms with Crippen molar-refractivity contribution < 1.29 is 19.1 Å². The Morgan fingerprint density at radius 1 is 1.53 bits per heavy atom. The van der Waals surface area contributed by atoms with E-state index in [9.17, 15) is 9.59 Å². The zero-order valence-electron chi connectivity index (χ0n) is 8.93. The average molecular weight is 213 g/mol. The van der Waals surface area contributed by atoms with E-state index in [0.29, 0.717) is 6.42 Å². The molecule has 0 aliphatic carbocycles. The molecule has 15 heavy (non-hydrogen) atoms. The molecule has 0 unspecified atom stereocenters. The number of esters is 1. The maximum absolute atomic E-state index is 11.5. The Labute approximate surface area is 88.6 Å². The van der Waals surface area contributed by atoms with Crippen molar-refractivity contribution in [1.29, 1.82) is 0 Å². The second-order valence-electron chi connectivity index (χ2n) is 3.11. The predicted molar refractivity (Wildman–Crippen MR) is 53.0 cm³/mol. The molecule has 0 bridgehead atoms. The quantitative estimate of drug-likeness (QED) is 0.649. The average Bonchev–Trinajstić information content (AvgIpc) is 2.28. The van der Waals surface area contributed by atoms with E-state index in [1.54, 1.807) is 13.1 Å². The van der Waals surface area contributed by atoms with Crippen LogP contribution in [0.25, 0.3) is 0 Å². The fourth-order valence-electron chi connectivity index (χ4n) is 1.44. The van der Waals surface area contributed by atoms with Gasteiger partial charge in [-0.3, -0.25) is 4.90 Å². The summed E-state index contributed by atoms with van der Waals surface area (Å²) in [4.78, 5) is 24.1. The number of nitrogens with zero attached hydrogens (tertiary/aromatic N) is 1. The van der Waals surface area contributed by atoms with E-state index >= 15 is 0 Å². The zero-order valence-corrected chi connectivity index (χ0v) is 8.93. The van der Waals surface area contributed by atoms with Crippen molar-refractivity contribution in [3.63, 3.8) is 0 Å². The van der Waals surface area contributed by atoms with Crippen LogP contribution in [0.15, 0.2) is 12.3 Å². The monoisotopic (exact) mass is 213 g/mol. The minimum Gasteiger partial charge on any atom is -0.467 e. The van der Waals surface area contributed by atoms with Crippen molar-refractivity contribution in [2.24, 2.45) is 0 Å². The highest BCUT2D eigenvalue weighted by Gasteiger charge is 2.31. The Balaban J connectivity index is 2.73. The highest BCUT2D eigenvalue weighted by atomic mass is 16.6. The number of hydrogen-bond donors (Lipinski definition) is 0. The molecule has 1 rings (SSSR count). The fraction of sp³-hybridized carbons (Fsp3) is 0.600. The summed E-state index contributed by atoms with van der Waals surface area (Å²) in [5.41, 5.74) is 0. The van der Waals surface area contributed by atoms with Crippen LogP contribution in [-0.4, -0.2) is 36.7 Å². The summed E-state index contributed by atoms with van der Waals surface area (Å²) >= 11 is 0. The summed E-state index contributed by atoms with van der Waals surface area (Å²) in [5.74, 6) is -0.410. The van der Waals surface area contributed by atoms with Crippen molar-refractivity contribution in [2.75, 3.05) is 13.7 Å². The summed E-state index contributed by atoms with van der Waals surface area (Å²) < 4.78 is 9.46. The Hall–Kier alpha value is -1.52. The van der Waals surface area contributed by atoms with Crippen LogP contribution < -0.4 is 0 Å². The zero-order chi connectivity index (χ0) is 11.3. The third kappa shape index (κ3) is 2.71. The Morgan fingerprint density at radius 3 is 2.87 bits per heavy atom. The molecular weight excluding hydrogens is 198 g/mol. The third-order valence-corrected chi connectivity index (χ3v) is 2.16. The predicted octanol–water partition coefficient (Wildman–Crippen LogP) is 1.29. The molecule has 0 spiro atoms. The minimum absolute atomic E-state index is 0.289. The first-order valence-corrected chi connectivity index (χ1v) is 4.90. The molecule has 5 nitrogen and oxygen atoms in total. The number of ether oxygens (including phenoxy) is 2. The molecule has 1 aliphatic rings. The van der Waals surface area contributed by atoms with E-state index in [-0.39, 0.29) is 6.61 Å². The first-order valence-electron chi connectivity index (χ1n) is 4.90. The standard InChI is InChI=1S/C10H15NO4/c1-3-15-10(13)11-7-5-4-6-8(11)9(12)14-2/h5,7-8H,3-4,6H2,1-2H3/t8-/m0/s1. The first-order chi connectivity index (χ1) is 7.20. The van der Waals surface area contributed by atoms with Gasteiger partial charge in [0, 0.05) is 6.20 Å². The minimum atomic E-state index is -0.556. The number of hydrogen-bond acceptors (Lipinski definition) is 4. The van der Waals surface area contributed by atoms with Gasteiger partial charge in [-0.25, -0.2) is 9.59 Å². The summed E-state index contributed by atoms with van der Waals surface area (Å²) in [6.07, 6.45) is 4.22. The summed E-state index contributed by atoms with van der Waals surface area (Å²) in [6.45, 7) is 2.01. The van der Waals surface area contributed by atoms with Gasteiger partial charge < -0.3 is 9.47 Å². The second kappa shape index (κ2) is 5.38. The Kier molecular flexibility index (Phi) is 4.15. The molecule has 1 amide bonds. The van der Waals surface area contributed by atoms with Crippen molar-refractivity contribution in [3.05, 3.63) is 12.3 Å². The molecule has 0 aromatic carbocycles. The van der Waals surface area contributed by atoms with Crippen LogP contribution in [0.1, 0.15) is 19.8 Å². The van der Waals surface area contributed by atoms with Gasteiger partial charge in [0.15, 0.2) is 0 Å². The van der Waals surface area contributed by atoms with Crippen LogP contribution in [0.3, 0.4) is 0 Å². The summed E-state index contributed by atoms with van der Waals surface area (Å²) in [7, 11) is 1.31. The van der Waals surface area contributed by atoms with Gasteiger partial charge in [0.1, 0.15) is 6.04 Å². The van der Waals surface area contributed by atoms with E-state index in [2.05, 4.69) is 4.74 Å². The largest absolute Gasteiger partial charge is 0.467 e. The normalized spacial score (nSPS) is 19.9. The highest BCUT2D eigenvalue weighted by molar-refractivity contribution is 5.82. The van der Waals surface area contributed by atoms with Crippen LogP contribution in [0.2, 0.25) is 0 Å². The van der Waals surface area contributed by atoms with Crippen molar-refractivity contribution in [1.82, 2.24) is 4.90 Å². The SMILES string of the molecule is CCOC(=O)N1C=CCC[C@H]1C(=O)OC. The Bertz CT molecular complexity index is 275. The molecule has 1 heterocycles. The van der Waals surface area contributed by atoms with Gasteiger partial charge in [0.25, 0.3) is 0 Å². The third-order valence-electron chi connectivity index (χ3n) is 2.16. The maximum Gasteiger partial charge on any atom is 0.414 e. The molecule has 0 saturated carbocycles. The lowest BCUT2D eigenvalue weighted by molar-refractivity contribution is -0.145. The molecule has 0 N–H and O–H groups in total. The lowest BCUT2D eigenvalue weighted by Gasteiger charge is -2.28. The molecule has 0 radical (unpaired) electrons. The first kappa shape index (κ1) is 11.6. The maximum atomic E-state index is 11.5. The fourth-order valence-corrected chi connectivity index (χ4v) is 1.44. The molecule has 1 aliphatic heterocycles. The van der Waals surface area contributed by atoms with Crippen molar-refractivity contribution in [2.45, 2.75) is 25.8 Å². The molecule has 1 atom stereocenters. The van der Waals surface area contributed by atoms with Gasteiger partial charge in [-0.2, -0.15) is 0 Å². The van der Waals surface area contributed by atoms with Gasteiger partial charge in [-0.05, 0) is 19.8 Å². The lowest BCUT2D eigenvalue weighted by Crippen LogP contribution is -2.43. The number of rotatable bonds is 2. The van der Waals surface area contributed by atoms with Crippen LogP contribution in [0.5, 0.6) is 0 Å². The number of methoxy groups -OCH3 is 1. The van der Waals surface area contributed by atoms with E-state index in [1.165, 1.54) is 12.0 Å². The molecule has 84 valence electrons. The van der Waals surface area contributed by atoms with Gasteiger partial charge in [0.05, 0.1) is 13.7 Å². The second-order valence-corrected chi connectivity index (χ2v) is 3.11. The molecule has 0 aromatic heterocycles. The van der Waals surface area contributed by atoms with Gasteiger partial charge >= 0.3 is 12.1 Å².